The van der Waals surface area contributed by atoms with E-state index in [4.69, 9.17) is 15.5 Å². The number of carbonyl (C=O) groups excluding carboxylic acids is 2. The standard InChI is InChI=1S/C24H30N6O3/c1-3-29-18-13-26-23(27-17-9-8-15(20(25)31)12-19(17)33-2)28-21(18)30(16-6-4-5-7-16)14-24(10-11-24)22(29)32/h8-9,12-13,16H,3-7,10-11,14H2,1-2H3,(H2,25,31)(H,26,27,28). The second kappa shape index (κ2) is 8.20. The van der Waals surface area contributed by atoms with E-state index in [-0.39, 0.29) is 11.3 Å². The zero-order chi connectivity index (χ0) is 23.2. The summed E-state index contributed by atoms with van der Waals surface area (Å²) in [5.74, 6) is 1.37. The van der Waals surface area contributed by atoms with Crippen LogP contribution in [0.2, 0.25) is 0 Å². The van der Waals surface area contributed by atoms with Gasteiger partial charge in [-0.15, -0.1) is 0 Å². The molecule has 1 spiro atoms. The van der Waals surface area contributed by atoms with E-state index in [0.29, 0.717) is 42.1 Å². The molecule has 3 aliphatic rings. The molecule has 1 aromatic carbocycles. The third kappa shape index (κ3) is 3.75. The van der Waals surface area contributed by atoms with Gasteiger partial charge in [0.05, 0.1) is 24.4 Å². The molecule has 3 N–H and O–H groups in total. The van der Waals surface area contributed by atoms with E-state index in [2.05, 4.69) is 15.2 Å². The summed E-state index contributed by atoms with van der Waals surface area (Å²) in [7, 11) is 1.53. The summed E-state index contributed by atoms with van der Waals surface area (Å²) in [5, 5.41) is 3.22. The lowest BCUT2D eigenvalue weighted by atomic mass is 10.0. The van der Waals surface area contributed by atoms with Gasteiger partial charge < -0.3 is 25.6 Å². The van der Waals surface area contributed by atoms with Crippen molar-refractivity contribution in [3.8, 4) is 5.75 Å². The Labute approximate surface area is 193 Å². The van der Waals surface area contributed by atoms with Crippen LogP contribution in [0.4, 0.5) is 23.1 Å². The lowest BCUT2D eigenvalue weighted by molar-refractivity contribution is -0.123. The maximum absolute atomic E-state index is 13.4. The largest absolute Gasteiger partial charge is 0.495 e. The van der Waals surface area contributed by atoms with Gasteiger partial charge in [-0.2, -0.15) is 4.98 Å². The van der Waals surface area contributed by atoms with Gasteiger partial charge in [0.15, 0.2) is 5.82 Å². The van der Waals surface area contributed by atoms with Crippen molar-refractivity contribution < 1.29 is 14.3 Å². The number of nitrogens with zero attached hydrogens (tertiary/aromatic N) is 4. The van der Waals surface area contributed by atoms with E-state index < -0.39 is 5.91 Å². The number of rotatable bonds is 6. The van der Waals surface area contributed by atoms with E-state index >= 15 is 0 Å². The van der Waals surface area contributed by atoms with Crippen molar-refractivity contribution in [2.24, 2.45) is 11.1 Å². The second-order valence-electron chi connectivity index (χ2n) is 9.20. The molecule has 33 heavy (non-hydrogen) atoms. The van der Waals surface area contributed by atoms with Crippen molar-refractivity contribution in [3.63, 3.8) is 0 Å². The predicted octanol–water partition coefficient (Wildman–Crippen LogP) is 3.22. The van der Waals surface area contributed by atoms with Crippen LogP contribution < -0.4 is 25.6 Å². The Bertz CT molecular complexity index is 1090. The zero-order valence-corrected chi connectivity index (χ0v) is 19.1. The smallest absolute Gasteiger partial charge is 0.248 e. The number of carbonyl (C=O) groups is 2. The molecule has 2 aromatic rings. The third-order valence-corrected chi connectivity index (χ3v) is 7.15. The molecule has 0 atom stereocenters. The summed E-state index contributed by atoms with van der Waals surface area (Å²) in [6.45, 7) is 3.30. The molecular formula is C24H30N6O3. The van der Waals surface area contributed by atoms with Crippen LogP contribution >= 0.6 is 0 Å². The van der Waals surface area contributed by atoms with Crippen molar-refractivity contribution in [1.82, 2.24) is 9.97 Å². The first kappa shape index (κ1) is 21.5. The molecule has 1 aliphatic heterocycles. The molecule has 0 radical (unpaired) electrons. The monoisotopic (exact) mass is 450 g/mol. The summed E-state index contributed by atoms with van der Waals surface area (Å²) in [6, 6.07) is 5.34. The fourth-order valence-electron chi connectivity index (χ4n) is 5.12. The number of anilines is 4. The lowest BCUT2D eigenvalue weighted by Crippen LogP contribution is -2.42. The molecule has 1 aromatic heterocycles. The van der Waals surface area contributed by atoms with E-state index in [1.165, 1.54) is 20.0 Å². The molecule has 2 heterocycles. The quantitative estimate of drug-likeness (QED) is 0.694. The molecule has 2 aliphatic carbocycles. The van der Waals surface area contributed by atoms with Gasteiger partial charge in [0.1, 0.15) is 11.4 Å². The number of amides is 2. The summed E-state index contributed by atoms with van der Waals surface area (Å²) in [4.78, 5) is 38.6. The van der Waals surface area contributed by atoms with Crippen LogP contribution in [-0.4, -0.2) is 48.0 Å². The van der Waals surface area contributed by atoms with Gasteiger partial charge in [0.2, 0.25) is 17.8 Å². The van der Waals surface area contributed by atoms with E-state index in [1.807, 2.05) is 11.8 Å². The Morgan fingerprint density at radius 2 is 2.06 bits per heavy atom. The minimum Gasteiger partial charge on any atom is -0.495 e. The van der Waals surface area contributed by atoms with Crippen LogP contribution in [0, 0.1) is 5.41 Å². The fraction of sp³-hybridized carbons (Fsp3) is 0.500. The fourth-order valence-corrected chi connectivity index (χ4v) is 5.12. The topological polar surface area (TPSA) is 114 Å². The van der Waals surface area contributed by atoms with Gasteiger partial charge >= 0.3 is 0 Å². The number of benzene rings is 1. The summed E-state index contributed by atoms with van der Waals surface area (Å²) in [5.41, 5.74) is 6.87. The molecule has 0 unspecified atom stereocenters. The Kier molecular flexibility index (Phi) is 5.34. The number of methoxy groups -OCH3 is 1. The Hall–Kier alpha value is -3.36. The minimum absolute atomic E-state index is 0.194. The van der Waals surface area contributed by atoms with Crippen LogP contribution in [0.15, 0.2) is 24.4 Å². The van der Waals surface area contributed by atoms with E-state index in [9.17, 15) is 9.59 Å². The summed E-state index contributed by atoms with van der Waals surface area (Å²) < 4.78 is 5.44. The van der Waals surface area contributed by atoms with Gasteiger partial charge in [-0.3, -0.25) is 9.59 Å². The van der Waals surface area contributed by atoms with E-state index in [0.717, 1.165) is 37.2 Å². The Morgan fingerprint density at radius 1 is 1.30 bits per heavy atom. The van der Waals surface area contributed by atoms with Gasteiger partial charge in [0, 0.05) is 24.7 Å². The first-order chi connectivity index (χ1) is 16.0. The van der Waals surface area contributed by atoms with Crippen LogP contribution in [0.1, 0.15) is 55.8 Å². The number of hydrogen-bond acceptors (Lipinski definition) is 7. The number of hydrogen-bond donors (Lipinski definition) is 2. The normalized spacial score (nSPS) is 19.4. The highest BCUT2D eigenvalue weighted by molar-refractivity contribution is 6.03. The third-order valence-electron chi connectivity index (χ3n) is 7.15. The van der Waals surface area contributed by atoms with Crippen LogP contribution in [0.5, 0.6) is 5.75 Å². The van der Waals surface area contributed by atoms with Crippen molar-refractivity contribution >= 4 is 35.0 Å². The van der Waals surface area contributed by atoms with Gasteiger partial charge in [-0.05, 0) is 50.8 Å². The molecular weight excluding hydrogens is 420 g/mol. The van der Waals surface area contributed by atoms with Crippen LogP contribution in [0.25, 0.3) is 0 Å². The molecule has 0 bridgehead atoms. The van der Waals surface area contributed by atoms with E-state index in [1.54, 1.807) is 24.4 Å². The second-order valence-corrected chi connectivity index (χ2v) is 9.20. The number of fused-ring (bicyclic) bond motifs is 1. The van der Waals surface area contributed by atoms with Crippen molar-refractivity contribution in [2.75, 3.05) is 35.3 Å². The molecule has 9 nitrogen and oxygen atoms in total. The van der Waals surface area contributed by atoms with Crippen LogP contribution in [0.3, 0.4) is 0 Å². The predicted molar refractivity (Wildman–Crippen MR) is 126 cm³/mol. The average molecular weight is 451 g/mol. The maximum Gasteiger partial charge on any atom is 0.248 e. The number of aromatic nitrogens is 2. The molecule has 174 valence electrons. The minimum atomic E-state index is -0.522. The highest BCUT2D eigenvalue weighted by Gasteiger charge is 2.55. The first-order valence-electron chi connectivity index (χ1n) is 11.7. The summed E-state index contributed by atoms with van der Waals surface area (Å²) >= 11 is 0. The Morgan fingerprint density at radius 3 is 2.70 bits per heavy atom. The number of nitrogens with two attached hydrogens (primary N) is 1. The first-order valence-corrected chi connectivity index (χ1v) is 11.7. The van der Waals surface area contributed by atoms with Crippen molar-refractivity contribution in [2.45, 2.75) is 51.5 Å². The highest BCUT2D eigenvalue weighted by atomic mass is 16.5. The van der Waals surface area contributed by atoms with Gasteiger partial charge in [-0.1, -0.05) is 12.8 Å². The lowest BCUT2D eigenvalue weighted by Gasteiger charge is -2.31. The average Bonchev–Trinajstić information content (AvgIpc) is 3.43. The number of ether oxygens (including phenoxy) is 1. The highest BCUT2D eigenvalue weighted by Crippen LogP contribution is 2.53. The van der Waals surface area contributed by atoms with Crippen molar-refractivity contribution in [3.05, 3.63) is 30.0 Å². The van der Waals surface area contributed by atoms with Crippen LogP contribution in [-0.2, 0) is 4.79 Å². The maximum atomic E-state index is 13.4. The molecule has 2 saturated carbocycles. The summed E-state index contributed by atoms with van der Waals surface area (Å²) in [6.07, 6.45) is 8.25. The number of nitrogens with one attached hydrogen (secondary N) is 1. The molecule has 2 amide bonds. The zero-order valence-electron chi connectivity index (χ0n) is 19.1. The van der Waals surface area contributed by atoms with Gasteiger partial charge in [-0.25, -0.2) is 4.98 Å². The van der Waals surface area contributed by atoms with Gasteiger partial charge in [0.25, 0.3) is 0 Å². The molecule has 9 heteroatoms. The van der Waals surface area contributed by atoms with Crippen molar-refractivity contribution in [1.29, 1.82) is 0 Å². The molecule has 0 saturated heterocycles. The Balaban J connectivity index is 1.54. The molecule has 5 rings (SSSR count). The molecule has 2 fully saturated rings. The number of primary amides is 1. The SMILES string of the molecule is CCN1C(=O)C2(CC2)CN(C2CCCC2)c2nc(Nc3ccc(C(N)=O)cc3OC)ncc21.